The lowest BCUT2D eigenvalue weighted by Gasteiger charge is -2.04. The number of rotatable bonds is 2. The molecular formula is C8H10N2O. The van der Waals surface area contributed by atoms with Gasteiger partial charge in [0.15, 0.2) is 0 Å². The smallest absolute Gasteiger partial charge is 0.139 e. The molecular weight excluding hydrogens is 140 g/mol. The maximum atomic E-state index is 8.80. The fraction of sp³-hybridized carbons (Fsp3) is 0.500. The molecule has 0 radical (unpaired) electrons. The van der Waals surface area contributed by atoms with Gasteiger partial charge < -0.3 is 5.11 Å². The summed E-state index contributed by atoms with van der Waals surface area (Å²) in [5.41, 5.74) is 0. The summed E-state index contributed by atoms with van der Waals surface area (Å²) in [5.74, 6) is -0.736. The number of hydrogen-bond donors (Lipinski definition) is 1. The summed E-state index contributed by atoms with van der Waals surface area (Å²) in [6, 6.07) is 3.68. The normalized spacial score (nSPS) is 13.7. The molecule has 0 rings (SSSR count). The van der Waals surface area contributed by atoms with Gasteiger partial charge in [-0.3, -0.25) is 0 Å². The van der Waals surface area contributed by atoms with Crippen LogP contribution in [0.15, 0.2) is 11.8 Å². The van der Waals surface area contributed by atoms with E-state index in [0.717, 1.165) is 0 Å². The van der Waals surface area contributed by atoms with Gasteiger partial charge in [-0.2, -0.15) is 10.5 Å². The second kappa shape index (κ2) is 4.35. The van der Waals surface area contributed by atoms with Crippen molar-refractivity contribution >= 4 is 0 Å². The van der Waals surface area contributed by atoms with E-state index in [1.54, 1.807) is 6.92 Å². The summed E-state index contributed by atoms with van der Waals surface area (Å²) < 4.78 is 0. The molecule has 0 bridgehead atoms. The standard InChI is InChI=1S/C8H10N2O/c1-6(3-7(2)11)8(4-9)5-10/h3,6,8,11H,1-2H3/b7-3+. The van der Waals surface area contributed by atoms with Gasteiger partial charge in [0.1, 0.15) is 5.92 Å². The van der Waals surface area contributed by atoms with Crippen molar-refractivity contribution in [2.75, 3.05) is 0 Å². The third kappa shape index (κ3) is 3.27. The highest BCUT2D eigenvalue weighted by Gasteiger charge is 2.12. The van der Waals surface area contributed by atoms with Gasteiger partial charge in [-0.15, -0.1) is 0 Å². The Balaban J connectivity index is 4.28. The molecule has 0 heterocycles. The molecule has 0 saturated heterocycles. The van der Waals surface area contributed by atoms with Crippen LogP contribution < -0.4 is 0 Å². The van der Waals surface area contributed by atoms with Crippen molar-refractivity contribution in [3.63, 3.8) is 0 Å². The zero-order valence-corrected chi connectivity index (χ0v) is 6.57. The van der Waals surface area contributed by atoms with Crippen LogP contribution in [0.2, 0.25) is 0 Å². The highest BCUT2D eigenvalue weighted by Crippen LogP contribution is 2.12. The number of allylic oxidation sites excluding steroid dienone is 2. The van der Waals surface area contributed by atoms with Crippen molar-refractivity contribution in [1.29, 1.82) is 10.5 Å². The Bertz CT molecular complexity index is 213. The second-order valence-electron chi connectivity index (χ2n) is 2.40. The van der Waals surface area contributed by atoms with Crippen LogP contribution in [0.5, 0.6) is 0 Å². The van der Waals surface area contributed by atoms with Crippen molar-refractivity contribution in [2.24, 2.45) is 11.8 Å². The van der Waals surface area contributed by atoms with E-state index < -0.39 is 5.92 Å². The molecule has 0 aliphatic heterocycles. The zero-order chi connectivity index (χ0) is 8.85. The lowest BCUT2D eigenvalue weighted by molar-refractivity contribution is 0.403. The number of aliphatic hydroxyl groups excluding tert-OH is 1. The van der Waals surface area contributed by atoms with E-state index in [1.165, 1.54) is 13.0 Å². The van der Waals surface area contributed by atoms with E-state index in [4.69, 9.17) is 15.6 Å². The van der Waals surface area contributed by atoms with Gasteiger partial charge in [-0.1, -0.05) is 6.92 Å². The molecule has 1 atom stereocenters. The molecule has 1 N–H and O–H groups in total. The predicted molar refractivity (Wildman–Crippen MR) is 40.3 cm³/mol. The van der Waals surface area contributed by atoms with Crippen LogP contribution in [0.25, 0.3) is 0 Å². The van der Waals surface area contributed by atoms with Crippen molar-refractivity contribution in [2.45, 2.75) is 13.8 Å². The fourth-order valence-corrected chi connectivity index (χ4v) is 0.741. The predicted octanol–water partition coefficient (Wildman–Crippen LogP) is 1.75. The van der Waals surface area contributed by atoms with Crippen molar-refractivity contribution in [3.05, 3.63) is 11.8 Å². The molecule has 58 valence electrons. The Hall–Kier alpha value is -1.48. The first kappa shape index (κ1) is 9.52. The lowest BCUT2D eigenvalue weighted by Crippen LogP contribution is -2.04. The molecule has 0 aromatic carbocycles. The minimum absolute atomic E-state index is 0.146. The van der Waals surface area contributed by atoms with Crippen molar-refractivity contribution < 1.29 is 5.11 Å². The Labute approximate surface area is 66.2 Å². The van der Waals surface area contributed by atoms with E-state index >= 15 is 0 Å². The van der Waals surface area contributed by atoms with Gasteiger partial charge >= 0.3 is 0 Å². The minimum atomic E-state index is -0.669. The summed E-state index contributed by atoms with van der Waals surface area (Å²) in [6.07, 6.45) is 1.50. The Morgan fingerprint density at radius 1 is 1.45 bits per heavy atom. The van der Waals surface area contributed by atoms with E-state index in [2.05, 4.69) is 0 Å². The molecule has 1 unspecified atom stereocenters. The molecule has 0 aromatic rings. The van der Waals surface area contributed by atoms with E-state index in [0.29, 0.717) is 0 Å². The summed E-state index contributed by atoms with van der Waals surface area (Å²) in [7, 11) is 0. The van der Waals surface area contributed by atoms with Crippen molar-refractivity contribution in [3.8, 4) is 12.1 Å². The van der Waals surface area contributed by atoms with Gasteiger partial charge in [0.25, 0.3) is 0 Å². The van der Waals surface area contributed by atoms with Crippen LogP contribution in [0.4, 0.5) is 0 Å². The SMILES string of the molecule is C/C(O)=C\C(C)C(C#N)C#N. The molecule has 0 aliphatic rings. The minimum Gasteiger partial charge on any atom is -0.513 e. The average Bonchev–Trinajstić information content (AvgIpc) is 1.88. The monoisotopic (exact) mass is 150 g/mol. The van der Waals surface area contributed by atoms with Gasteiger partial charge in [-0.25, -0.2) is 0 Å². The summed E-state index contributed by atoms with van der Waals surface area (Å²) in [6.45, 7) is 3.24. The van der Waals surface area contributed by atoms with Crippen LogP contribution in [0.1, 0.15) is 13.8 Å². The first-order chi connectivity index (χ1) is 5.11. The highest BCUT2D eigenvalue weighted by molar-refractivity contribution is 5.07. The van der Waals surface area contributed by atoms with Gasteiger partial charge in [0.05, 0.1) is 17.9 Å². The Morgan fingerprint density at radius 3 is 2.18 bits per heavy atom. The Morgan fingerprint density at radius 2 is 1.91 bits per heavy atom. The van der Waals surface area contributed by atoms with Gasteiger partial charge in [0, 0.05) is 5.92 Å². The highest BCUT2D eigenvalue weighted by atomic mass is 16.3. The van der Waals surface area contributed by atoms with Crippen LogP contribution in [0, 0.1) is 34.5 Å². The first-order valence-electron chi connectivity index (χ1n) is 3.28. The molecule has 0 spiro atoms. The molecule has 0 amide bonds. The van der Waals surface area contributed by atoms with E-state index in [9.17, 15) is 0 Å². The zero-order valence-electron chi connectivity index (χ0n) is 6.57. The molecule has 11 heavy (non-hydrogen) atoms. The number of nitriles is 2. The Kier molecular flexibility index (Phi) is 3.77. The number of hydrogen-bond acceptors (Lipinski definition) is 3. The lowest BCUT2D eigenvalue weighted by atomic mass is 9.96. The first-order valence-corrected chi connectivity index (χ1v) is 3.28. The van der Waals surface area contributed by atoms with Gasteiger partial charge in [0.2, 0.25) is 0 Å². The van der Waals surface area contributed by atoms with Crippen LogP contribution in [-0.4, -0.2) is 5.11 Å². The summed E-state index contributed by atoms with van der Waals surface area (Å²) in [5, 5.41) is 25.7. The summed E-state index contributed by atoms with van der Waals surface area (Å²) in [4.78, 5) is 0. The third-order valence-corrected chi connectivity index (χ3v) is 1.31. The molecule has 0 saturated carbocycles. The molecule has 0 aliphatic carbocycles. The number of aliphatic hydroxyl groups is 1. The maximum absolute atomic E-state index is 8.80. The van der Waals surface area contributed by atoms with Gasteiger partial charge in [-0.05, 0) is 13.0 Å². The molecule has 0 fully saturated rings. The van der Waals surface area contributed by atoms with Crippen LogP contribution >= 0.6 is 0 Å². The third-order valence-electron chi connectivity index (χ3n) is 1.31. The average molecular weight is 150 g/mol. The molecule has 0 aromatic heterocycles. The number of nitrogens with zero attached hydrogens (tertiary/aromatic N) is 2. The fourth-order valence-electron chi connectivity index (χ4n) is 0.741. The van der Waals surface area contributed by atoms with Crippen LogP contribution in [0.3, 0.4) is 0 Å². The van der Waals surface area contributed by atoms with Crippen LogP contribution in [-0.2, 0) is 0 Å². The summed E-state index contributed by atoms with van der Waals surface area (Å²) >= 11 is 0. The van der Waals surface area contributed by atoms with Crippen molar-refractivity contribution in [1.82, 2.24) is 0 Å². The van der Waals surface area contributed by atoms with E-state index in [-0.39, 0.29) is 11.7 Å². The maximum Gasteiger partial charge on any atom is 0.139 e. The quantitative estimate of drug-likeness (QED) is 0.609. The topological polar surface area (TPSA) is 67.8 Å². The second-order valence-corrected chi connectivity index (χ2v) is 2.40. The largest absolute Gasteiger partial charge is 0.513 e. The van der Waals surface area contributed by atoms with E-state index in [1.807, 2.05) is 12.1 Å². The molecule has 3 nitrogen and oxygen atoms in total. The molecule has 3 heteroatoms.